The molecule has 6 aromatic rings. The Morgan fingerprint density at radius 2 is 1.54 bits per heavy atom. The van der Waals surface area contributed by atoms with Crippen molar-refractivity contribution < 1.29 is 24.1 Å². The topological polar surface area (TPSA) is 124 Å². The number of imidazole rings is 4. The van der Waals surface area contributed by atoms with E-state index in [9.17, 15) is 0 Å². The molecule has 0 radical (unpaired) electrons. The van der Waals surface area contributed by atoms with Gasteiger partial charge in [-0.25, -0.2) is 34.5 Å². The van der Waals surface area contributed by atoms with Crippen molar-refractivity contribution in [2.75, 3.05) is 20.1 Å². The van der Waals surface area contributed by atoms with Crippen molar-refractivity contribution >= 4 is 17.4 Å². The number of nitrogens with zero attached hydrogens (tertiary/aromatic N) is 2. The highest BCUT2D eigenvalue weighted by Crippen LogP contribution is 2.12. The molecular formula is C36H65N10+5. The van der Waals surface area contributed by atoms with Gasteiger partial charge < -0.3 is 0 Å². The number of aromatic amines is 7. The zero-order valence-electron chi connectivity index (χ0n) is 24.5. The van der Waals surface area contributed by atoms with Gasteiger partial charge >= 0.3 is 0 Å². The van der Waals surface area contributed by atoms with Gasteiger partial charge in [-0.15, -0.1) is 0 Å². The van der Waals surface area contributed by atoms with Crippen molar-refractivity contribution in [2.24, 2.45) is 7.05 Å². The molecule has 46 heavy (non-hydrogen) atoms. The van der Waals surface area contributed by atoms with E-state index in [1.807, 2.05) is 111 Å². The third kappa shape index (κ3) is 17.3. The lowest BCUT2D eigenvalue weighted by molar-refractivity contribution is -0.670. The number of aryl methyl sites for hydroxylation is 3. The van der Waals surface area contributed by atoms with Crippen LogP contribution in [0.3, 0.4) is 0 Å². The number of H-pyrrole nitrogens is 7. The van der Waals surface area contributed by atoms with Crippen LogP contribution in [0.4, 0.5) is 0 Å². The Morgan fingerprint density at radius 1 is 0.826 bits per heavy atom. The summed E-state index contributed by atoms with van der Waals surface area (Å²) in [7, 11) is 4.04. The molecule has 2 aromatic carbocycles. The van der Waals surface area contributed by atoms with Gasteiger partial charge in [-0.1, -0.05) is 86.5 Å². The zero-order chi connectivity index (χ0) is 29.1. The van der Waals surface area contributed by atoms with Gasteiger partial charge in [0.05, 0.1) is 27.2 Å². The largest absolute Gasteiger partial charge is 0.281 e. The molecule has 0 unspecified atom stereocenters. The third-order valence-electron chi connectivity index (χ3n) is 6.00. The maximum absolute atomic E-state index is 3.17. The summed E-state index contributed by atoms with van der Waals surface area (Å²) in [6.07, 6.45) is 17.6. The van der Waals surface area contributed by atoms with Gasteiger partial charge in [0.2, 0.25) is 25.3 Å². The lowest BCUT2D eigenvalue weighted by Gasteiger charge is -2.04. The standard InChI is InChI=1S/C9H8N2.C7H6N2.C6H10N2.C5H10N2.C4H6N2.5CH4/c1-2-4-8(5-3-1)9-6-10-7-11-9;1-2-4-7-6(3-1)8-5-9-7;1-3-6-7-4-5(2)8-6;1-7-4-2-3-6-5-7;1-6-3-2-5-4-6;;;;;/h1-7H,(H,10,11);1-5H,(H,8,9);4H,3H2,1-2H3,(H,7,8);5H,2-4H2,1H3;2-4H,1H3;5*1H4/p+5. The van der Waals surface area contributed by atoms with Crippen molar-refractivity contribution in [3.63, 3.8) is 0 Å². The molecule has 4 aromatic heterocycles. The highest BCUT2D eigenvalue weighted by atomic mass is 15.1. The molecule has 8 N–H and O–H groups in total. The molecule has 10 nitrogen and oxygen atoms in total. The number of benzene rings is 2. The first kappa shape index (κ1) is 45.4. The summed E-state index contributed by atoms with van der Waals surface area (Å²) >= 11 is 0. The Morgan fingerprint density at radius 3 is 1.98 bits per heavy atom. The van der Waals surface area contributed by atoms with E-state index >= 15 is 0 Å². The van der Waals surface area contributed by atoms with Crippen LogP contribution in [0.15, 0.2) is 98.4 Å². The molecule has 7 rings (SSSR count). The highest BCUT2D eigenvalue weighted by Gasteiger charge is 2.01. The Kier molecular flexibility index (Phi) is 26.1. The third-order valence-corrected chi connectivity index (χ3v) is 6.00. The van der Waals surface area contributed by atoms with E-state index in [0.717, 1.165) is 29.7 Å². The summed E-state index contributed by atoms with van der Waals surface area (Å²) in [5.74, 6) is 1.20. The summed E-state index contributed by atoms with van der Waals surface area (Å²) in [5, 5.41) is 3.14. The van der Waals surface area contributed by atoms with Gasteiger partial charge in [0.25, 0.3) is 5.82 Å². The maximum atomic E-state index is 3.17. The van der Waals surface area contributed by atoms with Gasteiger partial charge in [0.1, 0.15) is 30.5 Å². The minimum atomic E-state index is 0. The Hall–Kier alpha value is -4.99. The van der Waals surface area contributed by atoms with E-state index in [1.54, 1.807) is 0 Å². The summed E-state index contributed by atoms with van der Waals surface area (Å²) in [6.45, 7) is 6.49. The zero-order valence-corrected chi connectivity index (χ0v) is 24.5. The molecule has 0 amide bonds. The predicted molar refractivity (Wildman–Crippen MR) is 194 cm³/mol. The number of nitrogens with one attached hydrogen (secondary N) is 8. The van der Waals surface area contributed by atoms with Gasteiger partial charge in [-0.3, -0.25) is 14.9 Å². The minimum absolute atomic E-state index is 0. The molecule has 1 aliphatic heterocycles. The van der Waals surface area contributed by atoms with Gasteiger partial charge in [0, 0.05) is 25.3 Å². The van der Waals surface area contributed by atoms with E-state index in [-0.39, 0.29) is 37.1 Å². The van der Waals surface area contributed by atoms with Crippen molar-refractivity contribution in [3.05, 3.63) is 110 Å². The molecule has 0 saturated carbocycles. The molecule has 0 spiro atoms. The second kappa shape index (κ2) is 26.4. The van der Waals surface area contributed by atoms with Crippen LogP contribution in [0.5, 0.6) is 0 Å². The number of hydrogen-bond acceptors (Lipinski definition) is 1. The molecule has 0 aliphatic carbocycles. The molecule has 10 heteroatoms. The fraction of sp³-hybridized carbons (Fsp3) is 0.361. The summed E-state index contributed by atoms with van der Waals surface area (Å²) < 4.78 is 4.10. The molecule has 254 valence electrons. The molecule has 0 fully saturated rings. The van der Waals surface area contributed by atoms with Gasteiger partial charge in [0.15, 0.2) is 16.7 Å². The summed E-state index contributed by atoms with van der Waals surface area (Å²) in [4.78, 5) is 21.4. The van der Waals surface area contributed by atoms with E-state index in [0.29, 0.717) is 0 Å². The Balaban J connectivity index is -0.000000496. The number of hydrogen-bond donors (Lipinski definition) is 5. The predicted octanol–water partition coefficient (Wildman–Crippen LogP) is 5.85. The van der Waals surface area contributed by atoms with Crippen LogP contribution in [0, 0.1) is 6.92 Å². The molecule has 0 bridgehead atoms. The Bertz CT molecular complexity index is 1470. The van der Waals surface area contributed by atoms with Crippen molar-refractivity contribution in [1.29, 1.82) is 0 Å². The SMILES string of the molecule is C.C.C.C.C.CCc1[nH]c(C)c[nH+]1.C[N+]1=CNCCC1.C[n+]1cc[nH]c1.c1ccc(-c2c[nH+]c[nH]2)cc1.c1ccc2[nH+]c[nH]c2c1. The van der Waals surface area contributed by atoms with Crippen LogP contribution in [0.1, 0.15) is 62.0 Å². The van der Waals surface area contributed by atoms with E-state index < -0.39 is 0 Å². The van der Waals surface area contributed by atoms with E-state index in [2.05, 4.69) is 70.9 Å². The number of fused-ring (bicyclic) bond motifs is 1. The van der Waals surface area contributed by atoms with Crippen LogP contribution in [-0.4, -0.2) is 51.0 Å². The molecule has 1 aliphatic rings. The molecule has 5 heterocycles. The summed E-state index contributed by atoms with van der Waals surface area (Å²) in [5.41, 5.74) is 5.82. The summed E-state index contributed by atoms with van der Waals surface area (Å²) in [6, 6.07) is 18.3. The second-order valence-electron chi connectivity index (χ2n) is 9.48. The number of para-hydroxylation sites is 2. The van der Waals surface area contributed by atoms with Crippen LogP contribution in [0.2, 0.25) is 0 Å². The monoisotopic (exact) mass is 638 g/mol. The first-order valence-electron chi connectivity index (χ1n) is 13.9. The Labute approximate surface area is 278 Å². The van der Waals surface area contributed by atoms with Crippen LogP contribution >= 0.6 is 0 Å². The first-order valence-corrected chi connectivity index (χ1v) is 13.9. The quantitative estimate of drug-likeness (QED) is 0.150. The van der Waals surface area contributed by atoms with Crippen LogP contribution in [0.25, 0.3) is 22.3 Å². The normalized spacial score (nSPS) is 10.3. The van der Waals surface area contributed by atoms with Gasteiger partial charge in [-0.2, -0.15) is 0 Å². The van der Waals surface area contributed by atoms with Crippen molar-refractivity contribution in [3.8, 4) is 11.3 Å². The number of rotatable bonds is 2. The highest BCUT2D eigenvalue weighted by molar-refractivity contribution is 5.69. The average Bonchev–Trinajstić information content (AvgIpc) is 3.84. The smallest absolute Gasteiger partial charge is 0.251 e. The fourth-order valence-corrected chi connectivity index (χ4v) is 3.77. The first-order chi connectivity index (χ1) is 20.0. The fourth-order valence-electron chi connectivity index (χ4n) is 3.77. The van der Waals surface area contributed by atoms with Crippen molar-refractivity contribution in [1.82, 2.24) is 25.3 Å². The van der Waals surface area contributed by atoms with Crippen LogP contribution < -0.4 is 24.8 Å². The molecule has 0 atom stereocenters. The number of aromatic nitrogens is 8. The lowest BCUT2D eigenvalue weighted by Crippen LogP contribution is -2.29. The lowest BCUT2D eigenvalue weighted by atomic mass is 10.2. The van der Waals surface area contributed by atoms with Crippen molar-refractivity contribution in [2.45, 2.75) is 63.8 Å². The van der Waals surface area contributed by atoms with E-state index in [1.165, 1.54) is 30.0 Å². The van der Waals surface area contributed by atoms with E-state index in [4.69, 9.17) is 0 Å². The van der Waals surface area contributed by atoms with Crippen LogP contribution in [-0.2, 0) is 13.5 Å². The second-order valence-corrected chi connectivity index (χ2v) is 9.48. The molecular weight excluding hydrogens is 572 g/mol. The van der Waals surface area contributed by atoms with Gasteiger partial charge in [-0.05, 0) is 12.1 Å². The molecule has 0 saturated heterocycles. The average molecular weight is 638 g/mol. The minimum Gasteiger partial charge on any atom is -0.281 e. The maximum Gasteiger partial charge on any atom is 0.251 e.